The first-order valence-corrected chi connectivity index (χ1v) is 8.45. The van der Waals surface area contributed by atoms with Gasteiger partial charge in [-0.2, -0.15) is 0 Å². The number of carbonyl (C=O) groups is 1. The van der Waals surface area contributed by atoms with Crippen LogP contribution in [-0.4, -0.2) is 15.7 Å². The SMILES string of the molecule is CCc1cc2ccccn2c1C(=O)c1ccc(C#CC(C)(C)N)cc1. The van der Waals surface area contributed by atoms with E-state index in [0.29, 0.717) is 5.56 Å². The monoisotopic (exact) mass is 330 g/mol. The molecule has 0 spiro atoms. The highest BCUT2D eigenvalue weighted by Gasteiger charge is 2.18. The van der Waals surface area contributed by atoms with Gasteiger partial charge in [0, 0.05) is 22.8 Å². The highest BCUT2D eigenvalue weighted by molar-refractivity contribution is 6.09. The number of pyridine rings is 1. The van der Waals surface area contributed by atoms with Gasteiger partial charge in [-0.05, 0) is 68.3 Å². The van der Waals surface area contributed by atoms with E-state index in [0.717, 1.165) is 28.8 Å². The van der Waals surface area contributed by atoms with Crippen LogP contribution in [0.2, 0.25) is 0 Å². The number of rotatable bonds is 3. The Labute approximate surface area is 148 Å². The fourth-order valence-corrected chi connectivity index (χ4v) is 2.78. The number of hydrogen-bond acceptors (Lipinski definition) is 2. The third-order valence-corrected chi connectivity index (χ3v) is 4.03. The molecule has 0 radical (unpaired) electrons. The van der Waals surface area contributed by atoms with Gasteiger partial charge in [0.05, 0.1) is 11.2 Å². The molecule has 3 rings (SSSR count). The van der Waals surface area contributed by atoms with Crippen LogP contribution >= 0.6 is 0 Å². The highest BCUT2D eigenvalue weighted by Crippen LogP contribution is 2.21. The molecule has 0 fully saturated rings. The second-order valence-corrected chi connectivity index (χ2v) is 6.75. The van der Waals surface area contributed by atoms with E-state index in [1.165, 1.54) is 0 Å². The second kappa shape index (κ2) is 6.58. The predicted molar refractivity (Wildman–Crippen MR) is 102 cm³/mol. The number of aryl methyl sites for hydroxylation is 1. The van der Waals surface area contributed by atoms with Crippen molar-refractivity contribution >= 4 is 11.3 Å². The summed E-state index contributed by atoms with van der Waals surface area (Å²) in [7, 11) is 0. The molecule has 0 saturated heterocycles. The zero-order valence-electron chi connectivity index (χ0n) is 14.8. The maximum Gasteiger partial charge on any atom is 0.210 e. The molecule has 0 aliphatic heterocycles. The topological polar surface area (TPSA) is 47.5 Å². The van der Waals surface area contributed by atoms with Gasteiger partial charge >= 0.3 is 0 Å². The van der Waals surface area contributed by atoms with Gasteiger partial charge in [-0.15, -0.1) is 0 Å². The largest absolute Gasteiger partial charge is 0.316 e. The van der Waals surface area contributed by atoms with Crippen molar-refractivity contribution in [1.29, 1.82) is 0 Å². The van der Waals surface area contributed by atoms with E-state index < -0.39 is 5.54 Å². The highest BCUT2D eigenvalue weighted by atomic mass is 16.1. The van der Waals surface area contributed by atoms with Gasteiger partial charge in [-0.25, -0.2) is 0 Å². The van der Waals surface area contributed by atoms with Crippen molar-refractivity contribution in [2.45, 2.75) is 32.7 Å². The van der Waals surface area contributed by atoms with Crippen molar-refractivity contribution in [2.75, 3.05) is 0 Å². The maximum atomic E-state index is 13.1. The molecular formula is C22H22N2O. The molecular weight excluding hydrogens is 308 g/mol. The molecule has 3 heteroatoms. The van der Waals surface area contributed by atoms with Crippen LogP contribution in [0.15, 0.2) is 54.7 Å². The Balaban J connectivity index is 1.98. The van der Waals surface area contributed by atoms with Crippen molar-refractivity contribution in [2.24, 2.45) is 5.73 Å². The summed E-state index contributed by atoms with van der Waals surface area (Å²) in [4.78, 5) is 13.1. The number of aromatic nitrogens is 1. The number of fused-ring (bicyclic) bond motifs is 1. The van der Waals surface area contributed by atoms with Crippen LogP contribution in [-0.2, 0) is 6.42 Å². The number of hydrogen-bond donors (Lipinski definition) is 1. The summed E-state index contributed by atoms with van der Waals surface area (Å²) in [6, 6.07) is 15.4. The van der Waals surface area contributed by atoms with Crippen molar-refractivity contribution in [3.05, 3.63) is 77.1 Å². The van der Waals surface area contributed by atoms with E-state index in [1.54, 1.807) is 0 Å². The first-order valence-electron chi connectivity index (χ1n) is 8.45. The van der Waals surface area contributed by atoms with Crippen molar-refractivity contribution in [3.63, 3.8) is 0 Å². The maximum absolute atomic E-state index is 13.1. The molecule has 0 amide bonds. The van der Waals surface area contributed by atoms with E-state index in [9.17, 15) is 4.79 Å². The van der Waals surface area contributed by atoms with E-state index in [1.807, 2.05) is 66.9 Å². The first kappa shape index (κ1) is 17.0. The normalized spacial score (nSPS) is 11.2. The molecule has 0 unspecified atom stereocenters. The zero-order valence-corrected chi connectivity index (χ0v) is 14.8. The van der Waals surface area contributed by atoms with Crippen LogP contribution in [0.5, 0.6) is 0 Å². The summed E-state index contributed by atoms with van der Waals surface area (Å²) >= 11 is 0. The van der Waals surface area contributed by atoms with E-state index in [2.05, 4.69) is 24.8 Å². The Morgan fingerprint density at radius 3 is 2.52 bits per heavy atom. The number of carbonyl (C=O) groups excluding carboxylic acids is 1. The molecule has 2 aromatic heterocycles. The molecule has 0 aliphatic rings. The number of benzene rings is 1. The molecule has 126 valence electrons. The molecule has 0 aliphatic carbocycles. The van der Waals surface area contributed by atoms with Crippen LogP contribution in [0.3, 0.4) is 0 Å². The van der Waals surface area contributed by atoms with Crippen LogP contribution < -0.4 is 5.73 Å². The molecule has 2 N–H and O–H groups in total. The lowest BCUT2D eigenvalue weighted by atomic mass is 10.0. The van der Waals surface area contributed by atoms with Gasteiger partial charge < -0.3 is 10.1 Å². The van der Waals surface area contributed by atoms with Crippen LogP contribution in [0.25, 0.3) is 5.52 Å². The van der Waals surface area contributed by atoms with Crippen LogP contribution in [0.4, 0.5) is 0 Å². The Morgan fingerprint density at radius 2 is 1.88 bits per heavy atom. The molecule has 0 saturated carbocycles. The van der Waals surface area contributed by atoms with Crippen molar-refractivity contribution in [3.8, 4) is 11.8 Å². The van der Waals surface area contributed by atoms with Gasteiger partial charge in [-0.1, -0.05) is 24.8 Å². The minimum atomic E-state index is -0.532. The van der Waals surface area contributed by atoms with Gasteiger partial charge in [0.15, 0.2) is 0 Å². The Hall–Kier alpha value is -2.83. The van der Waals surface area contributed by atoms with Gasteiger partial charge in [0.25, 0.3) is 0 Å². The Kier molecular flexibility index (Phi) is 4.48. The summed E-state index contributed by atoms with van der Waals surface area (Å²) in [5.41, 5.74) is 9.70. The lowest BCUT2D eigenvalue weighted by Crippen LogP contribution is -2.29. The second-order valence-electron chi connectivity index (χ2n) is 6.75. The molecule has 2 heterocycles. The minimum absolute atomic E-state index is 0.0294. The molecule has 0 bridgehead atoms. The fraction of sp³-hybridized carbons (Fsp3) is 0.227. The molecule has 1 aromatic carbocycles. The van der Waals surface area contributed by atoms with Crippen LogP contribution in [0.1, 0.15) is 48.0 Å². The number of ketones is 1. The van der Waals surface area contributed by atoms with Crippen LogP contribution in [0, 0.1) is 11.8 Å². The lowest BCUT2D eigenvalue weighted by molar-refractivity contribution is 0.103. The third-order valence-electron chi connectivity index (χ3n) is 4.03. The standard InChI is InChI=1S/C22H22N2O/c1-4-17-15-19-7-5-6-14-24(19)20(17)21(25)18-10-8-16(9-11-18)12-13-22(2,3)23/h5-11,14-15H,4,23H2,1-3H3. The molecule has 3 nitrogen and oxygen atoms in total. The van der Waals surface area contributed by atoms with Crippen molar-refractivity contribution in [1.82, 2.24) is 4.40 Å². The van der Waals surface area contributed by atoms with Gasteiger partial charge in [0.1, 0.15) is 0 Å². The molecule has 3 aromatic rings. The number of nitrogens with zero attached hydrogens (tertiary/aromatic N) is 1. The zero-order chi connectivity index (χ0) is 18.0. The summed E-state index contributed by atoms with van der Waals surface area (Å²) in [6.07, 6.45) is 2.75. The first-order chi connectivity index (χ1) is 11.9. The summed E-state index contributed by atoms with van der Waals surface area (Å²) in [5, 5.41) is 0. The average molecular weight is 330 g/mol. The smallest absolute Gasteiger partial charge is 0.210 e. The Morgan fingerprint density at radius 1 is 1.16 bits per heavy atom. The number of nitrogens with two attached hydrogens (primary N) is 1. The minimum Gasteiger partial charge on any atom is -0.316 e. The van der Waals surface area contributed by atoms with Gasteiger partial charge in [0.2, 0.25) is 5.78 Å². The summed E-state index contributed by atoms with van der Waals surface area (Å²) < 4.78 is 1.96. The van der Waals surface area contributed by atoms with Gasteiger partial charge in [-0.3, -0.25) is 4.79 Å². The van der Waals surface area contributed by atoms with Crippen molar-refractivity contribution < 1.29 is 4.79 Å². The van der Waals surface area contributed by atoms with E-state index in [-0.39, 0.29) is 5.78 Å². The third kappa shape index (κ3) is 3.65. The summed E-state index contributed by atoms with van der Waals surface area (Å²) in [6.45, 7) is 5.79. The Bertz CT molecular complexity index is 977. The summed E-state index contributed by atoms with van der Waals surface area (Å²) in [5.74, 6) is 6.07. The fourth-order valence-electron chi connectivity index (χ4n) is 2.78. The quantitative estimate of drug-likeness (QED) is 0.586. The van der Waals surface area contributed by atoms with E-state index in [4.69, 9.17) is 5.73 Å². The molecule has 25 heavy (non-hydrogen) atoms. The lowest BCUT2D eigenvalue weighted by Gasteiger charge is -2.07. The average Bonchev–Trinajstić information content (AvgIpc) is 2.97. The van der Waals surface area contributed by atoms with E-state index >= 15 is 0 Å². The predicted octanol–water partition coefficient (Wildman–Crippen LogP) is 3.82. The molecule has 0 atom stereocenters.